The monoisotopic (exact) mass is 497 g/mol. The normalized spacial score (nSPS) is 12.4. The zero-order valence-electron chi connectivity index (χ0n) is 18.4. The number of aromatic nitrogens is 1. The van der Waals surface area contributed by atoms with Crippen molar-refractivity contribution in [2.75, 3.05) is 6.61 Å². The van der Waals surface area contributed by atoms with Gasteiger partial charge in [0.25, 0.3) is 5.91 Å². The molecule has 0 atom stereocenters. The Kier molecular flexibility index (Phi) is 6.92. The lowest BCUT2D eigenvalue weighted by Crippen LogP contribution is -2.20. The van der Waals surface area contributed by atoms with Crippen LogP contribution in [0.25, 0.3) is 21.0 Å². The van der Waals surface area contributed by atoms with E-state index in [9.17, 15) is 18.0 Å². The first-order chi connectivity index (χ1) is 16.3. The van der Waals surface area contributed by atoms with Crippen LogP contribution in [0.5, 0.6) is 0 Å². The van der Waals surface area contributed by atoms with Crippen molar-refractivity contribution in [3.8, 4) is 0 Å². The van der Waals surface area contributed by atoms with Crippen molar-refractivity contribution in [3.05, 3.63) is 71.0 Å². The molecule has 0 radical (unpaired) electrons. The van der Waals surface area contributed by atoms with Gasteiger partial charge in [-0.25, -0.2) is 13.6 Å². The maximum atomic E-state index is 12.9. The van der Waals surface area contributed by atoms with Gasteiger partial charge in [-0.2, -0.15) is 4.99 Å². The maximum absolute atomic E-state index is 12.9. The van der Waals surface area contributed by atoms with Crippen molar-refractivity contribution < 1.29 is 22.7 Å². The minimum absolute atomic E-state index is 0.0348. The first-order valence-corrected chi connectivity index (χ1v) is 13.0. The second-order valence-electron chi connectivity index (χ2n) is 7.59. The number of aryl methyl sites for hydroxylation is 1. The largest absolute Gasteiger partial charge is 0.466 e. The van der Waals surface area contributed by atoms with Gasteiger partial charge in [0.15, 0.2) is 4.80 Å². The van der Waals surface area contributed by atoms with Gasteiger partial charge in [0, 0.05) is 6.54 Å². The Morgan fingerprint density at radius 3 is 2.62 bits per heavy atom. The molecule has 0 aliphatic heterocycles. The summed E-state index contributed by atoms with van der Waals surface area (Å²) in [6.45, 7) is 2.23. The molecule has 1 aromatic heterocycles. The van der Waals surface area contributed by atoms with Crippen LogP contribution in [0.3, 0.4) is 0 Å². The third-order valence-corrected chi connectivity index (χ3v) is 7.22. The molecule has 0 unspecified atom stereocenters. The Morgan fingerprint density at radius 1 is 1.09 bits per heavy atom. The lowest BCUT2D eigenvalue weighted by Gasteiger charge is -2.06. The summed E-state index contributed by atoms with van der Waals surface area (Å²) >= 11 is 1.17. The molecule has 34 heavy (non-hydrogen) atoms. The quantitative estimate of drug-likeness (QED) is 0.393. The Morgan fingerprint density at radius 2 is 1.85 bits per heavy atom. The summed E-state index contributed by atoms with van der Waals surface area (Å²) in [6, 6.07) is 18.0. The number of carbonyl (C=O) groups excluding carboxylic acids is 2. The van der Waals surface area contributed by atoms with Gasteiger partial charge >= 0.3 is 5.97 Å². The number of rotatable bonds is 7. The number of benzene rings is 3. The highest BCUT2D eigenvalue weighted by molar-refractivity contribution is 7.89. The zero-order valence-corrected chi connectivity index (χ0v) is 20.1. The number of carbonyl (C=O) groups is 2. The molecule has 0 aliphatic carbocycles. The topological polar surface area (TPSA) is 121 Å². The average Bonchev–Trinajstić information content (AvgIpc) is 3.13. The predicted octanol–water partition coefficient (Wildman–Crippen LogP) is 3.13. The maximum Gasteiger partial charge on any atom is 0.307 e. The SMILES string of the molecule is CCOC(=O)CCn1c(=NC(=O)Cc2cccc3ccccc23)sc2cc(S(N)(=O)=O)ccc21. The molecule has 4 aromatic rings. The van der Waals surface area contributed by atoms with Crippen molar-refractivity contribution in [1.82, 2.24) is 4.57 Å². The number of nitrogens with two attached hydrogens (primary N) is 1. The van der Waals surface area contributed by atoms with E-state index in [1.807, 2.05) is 42.5 Å². The highest BCUT2D eigenvalue weighted by Crippen LogP contribution is 2.22. The van der Waals surface area contributed by atoms with Gasteiger partial charge in [0.1, 0.15) is 0 Å². The lowest BCUT2D eigenvalue weighted by atomic mass is 10.0. The van der Waals surface area contributed by atoms with Crippen LogP contribution >= 0.6 is 11.3 Å². The van der Waals surface area contributed by atoms with Gasteiger partial charge in [0.05, 0.1) is 34.6 Å². The molecule has 0 aliphatic rings. The summed E-state index contributed by atoms with van der Waals surface area (Å²) in [7, 11) is -3.89. The first-order valence-electron chi connectivity index (χ1n) is 10.6. The molecule has 0 saturated heterocycles. The third kappa shape index (κ3) is 5.24. The summed E-state index contributed by atoms with van der Waals surface area (Å²) in [5.74, 6) is -0.719. The van der Waals surface area contributed by atoms with E-state index in [1.54, 1.807) is 17.6 Å². The van der Waals surface area contributed by atoms with Crippen LogP contribution in [0, 0.1) is 0 Å². The number of amides is 1. The number of hydrogen-bond donors (Lipinski definition) is 1. The van der Waals surface area contributed by atoms with Crippen LogP contribution in [0.15, 0.2) is 70.6 Å². The molecule has 8 nitrogen and oxygen atoms in total. The van der Waals surface area contributed by atoms with E-state index in [2.05, 4.69) is 4.99 Å². The van der Waals surface area contributed by atoms with E-state index in [0.717, 1.165) is 16.3 Å². The van der Waals surface area contributed by atoms with Crippen LogP contribution in [0.2, 0.25) is 0 Å². The number of primary sulfonamides is 1. The number of esters is 1. The summed E-state index contributed by atoms with van der Waals surface area (Å²) in [5, 5.41) is 7.29. The Hall–Kier alpha value is -3.34. The number of thiazole rings is 1. The molecule has 0 fully saturated rings. The molecule has 4 rings (SSSR count). The third-order valence-electron chi connectivity index (χ3n) is 5.27. The predicted molar refractivity (Wildman–Crippen MR) is 131 cm³/mol. The number of nitrogens with zero attached hydrogens (tertiary/aromatic N) is 2. The Balaban J connectivity index is 1.74. The second-order valence-corrected chi connectivity index (χ2v) is 10.2. The molecular weight excluding hydrogens is 474 g/mol. The number of hydrogen-bond acceptors (Lipinski definition) is 6. The smallest absolute Gasteiger partial charge is 0.307 e. The molecular formula is C24H23N3O5S2. The van der Waals surface area contributed by atoms with E-state index >= 15 is 0 Å². The number of fused-ring (bicyclic) bond motifs is 2. The standard InChI is InChI=1S/C24H23N3O5S2/c1-2-32-23(29)12-13-27-20-11-10-18(34(25,30)31)15-21(20)33-24(27)26-22(28)14-17-8-5-7-16-6-3-4-9-19(16)17/h3-11,15H,2,12-14H2,1H3,(H2,25,30,31). The lowest BCUT2D eigenvalue weighted by molar-refractivity contribution is -0.143. The molecule has 0 saturated carbocycles. The van der Waals surface area contributed by atoms with Crippen LogP contribution in [0.1, 0.15) is 18.9 Å². The van der Waals surface area contributed by atoms with Crippen LogP contribution in [-0.2, 0) is 37.3 Å². The fourth-order valence-electron chi connectivity index (χ4n) is 3.72. The zero-order chi connectivity index (χ0) is 24.3. The van der Waals surface area contributed by atoms with Crippen LogP contribution < -0.4 is 9.94 Å². The van der Waals surface area contributed by atoms with Gasteiger partial charge in [0.2, 0.25) is 10.0 Å². The molecule has 1 heterocycles. The highest BCUT2D eigenvalue weighted by Gasteiger charge is 2.15. The van der Waals surface area contributed by atoms with E-state index in [1.165, 1.54) is 23.5 Å². The molecule has 0 bridgehead atoms. The molecule has 176 valence electrons. The minimum Gasteiger partial charge on any atom is -0.466 e. The number of ether oxygens (including phenoxy) is 1. The molecule has 1 amide bonds. The van der Waals surface area contributed by atoms with Crippen LogP contribution in [0.4, 0.5) is 0 Å². The van der Waals surface area contributed by atoms with E-state index < -0.39 is 10.0 Å². The van der Waals surface area contributed by atoms with Crippen molar-refractivity contribution in [2.24, 2.45) is 10.1 Å². The van der Waals surface area contributed by atoms with Crippen molar-refractivity contribution in [2.45, 2.75) is 31.2 Å². The van der Waals surface area contributed by atoms with E-state index in [0.29, 0.717) is 15.0 Å². The van der Waals surface area contributed by atoms with E-state index in [4.69, 9.17) is 9.88 Å². The minimum atomic E-state index is -3.89. The summed E-state index contributed by atoms with van der Waals surface area (Å²) < 4.78 is 30.9. The molecule has 10 heteroatoms. The average molecular weight is 498 g/mol. The molecule has 2 N–H and O–H groups in total. The Bertz CT molecular complexity index is 1560. The fourth-order valence-corrected chi connectivity index (χ4v) is 5.45. The summed E-state index contributed by atoms with van der Waals surface area (Å²) in [4.78, 5) is 29.5. The fraction of sp³-hybridized carbons (Fsp3) is 0.208. The first kappa shape index (κ1) is 23.8. The highest BCUT2D eigenvalue weighted by atomic mass is 32.2. The van der Waals surface area contributed by atoms with Crippen molar-refractivity contribution >= 4 is 54.2 Å². The number of sulfonamides is 1. The summed E-state index contributed by atoms with van der Waals surface area (Å²) in [6.07, 6.45) is 0.192. The molecule has 3 aromatic carbocycles. The van der Waals surface area contributed by atoms with Crippen LogP contribution in [-0.4, -0.2) is 31.5 Å². The van der Waals surface area contributed by atoms with Gasteiger partial charge < -0.3 is 9.30 Å². The summed E-state index contributed by atoms with van der Waals surface area (Å²) in [5.41, 5.74) is 1.51. The Labute approximate surface area is 200 Å². The van der Waals surface area contributed by atoms with Crippen molar-refractivity contribution in [1.29, 1.82) is 0 Å². The van der Waals surface area contributed by atoms with Gasteiger partial charge in [-0.3, -0.25) is 9.59 Å². The van der Waals surface area contributed by atoms with Crippen molar-refractivity contribution in [3.63, 3.8) is 0 Å². The molecule has 0 spiro atoms. The van der Waals surface area contributed by atoms with E-state index in [-0.39, 0.29) is 42.8 Å². The van der Waals surface area contributed by atoms with Gasteiger partial charge in [-0.05, 0) is 41.5 Å². The second kappa shape index (κ2) is 9.88. The van der Waals surface area contributed by atoms with Gasteiger partial charge in [-0.15, -0.1) is 0 Å². The van der Waals surface area contributed by atoms with Gasteiger partial charge in [-0.1, -0.05) is 53.8 Å².